The van der Waals surface area contributed by atoms with Crippen molar-refractivity contribution in [1.82, 2.24) is 5.32 Å². The Labute approximate surface area is 94.8 Å². The van der Waals surface area contributed by atoms with E-state index in [4.69, 9.17) is 0 Å². The van der Waals surface area contributed by atoms with Crippen molar-refractivity contribution in [2.75, 3.05) is 0 Å². The fourth-order valence-electron chi connectivity index (χ4n) is 1.80. The maximum atomic E-state index is 11.7. The first-order valence-corrected chi connectivity index (χ1v) is 5.44. The molecule has 3 nitrogen and oxygen atoms in total. The van der Waals surface area contributed by atoms with E-state index in [2.05, 4.69) is 5.32 Å². The summed E-state index contributed by atoms with van der Waals surface area (Å²) < 4.78 is 0. The van der Waals surface area contributed by atoms with Crippen molar-refractivity contribution in [2.45, 2.75) is 19.1 Å². The first-order valence-electron chi connectivity index (χ1n) is 5.44. The van der Waals surface area contributed by atoms with Gasteiger partial charge in [0.1, 0.15) is 0 Å². The van der Waals surface area contributed by atoms with Gasteiger partial charge in [0.05, 0.1) is 12.0 Å². The number of benzene rings is 1. The molecular weight excluding hydrogens is 202 g/mol. The molecule has 2 unspecified atom stereocenters. The second-order valence-electron chi connectivity index (χ2n) is 3.96. The van der Waals surface area contributed by atoms with Gasteiger partial charge in [-0.3, -0.25) is 4.79 Å². The number of nitrogens with one attached hydrogen (secondary N) is 1. The minimum absolute atomic E-state index is 0.106. The van der Waals surface area contributed by atoms with Crippen LogP contribution in [0.15, 0.2) is 42.5 Å². The summed E-state index contributed by atoms with van der Waals surface area (Å²) in [5, 5.41) is 12.4. The third-order valence-corrected chi connectivity index (χ3v) is 2.75. The number of hydrogen-bond donors (Lipinski definition) is 2. The zero-order chi connectivity index (χ0) is 11.4. The van der Waals surface area contributed by atoms with E-state index in [0.717, 1.165) is 5.56 Å². The average molecular weight is 217 g/mol. The Hall–Kier alpha value is -1.61. The molecule has 0 saturated carbocycles. The van der Waals surface area contributed by atoms with E-state index in [1.54, 1.807) is 6.08 Å². The second-order valence-corrected chi connectivity index (χ2v) is 3.96. The molecule has 0 bridgehead atoms. The number of hydrogen-bond acceptors (Lipinski definition) is 2. The summed E-state index contributed by atoms with van der Waals surface area (Å²) in [4.78, 5) is 11.7. The first-order chi connectivity index (χ1) is 7.77. The van der Waals surface area contributed by atoms with Crippen molar-refractivity contribution >= 4 is 5.91 Å². The molecule has 16 heavy (non-hydrogen) atoms. The average Bonchev–Trinajstić information content (AvgIpc) is 2.74. The molecule has 0 aliphatic heterocycles. The Morgan fingerprint density at radius 2 is 2.12 bits per heavy atom. The van der Waals surface area contributed by atoms with Crippen molar-refractivity contribution in [1.29, 1.82) is 0 Å². The van der Waals surface area contributed by atoms with Crippen LogP contribution in [0.1, 0.15) is 12.0 Å². The summed E-state index contributed by atoms with van der Waals surface area (Å²) in [7, 11) is 0. The maximum absolute atomic E-state index is 11.7. The molecule has 0 saturated heterocycles. The van der Waals surface area contributed by atoms with Crippen molar-refractivity contribution in [3.05, 3.63) is 48.0 Å². The lowest BCUT2D eigenvalue weighted by Gasteiger charge is -2.13. The number of aliphatic hydroxyl groups is 1. The monoisotopic (exact) mass is 217 g/mol. The Morgan fingerprint density at radius 3 is 2.75 bits per heavy atom. The molecule has 2 atom stereocenters. The van der Waals surface area contributed by atoms with Crippen LogP contribution in [0, 0.1) is 5.92 Å². The van der Waals surface area contributed by atoms with Crippen molar-refractivity contribution in [3.63, 3.8) is 0 Å². The third-order valence-electron chi connectivity index (χ3n) is 2.75. The zero-order valence-electron chi connectivity index (χ0n) is 8.97. The molecule has 2 rings (SSSR count). The van der Waals surface area contributed by atoms with Crippen LogP contribution in [0.25, 0.3) is 0 Å². The fourth-order valence-corrected chi connectivity index (χ4v) is 1.80. The summed E-state index contributed by atoms with van der Waals surface area (Å²) in [5.41, 5.74) is 1.06. The van der Waals surface area contributed by atoms with Crippen LogP contribution in [-0.2, 0) is 11.3 Å². The van der Waals surface area contributed by atoms with E-state index >= 15 is 0 Å². The molecule has 0 radical (unpaired) electrons. The van der Waals surface area contributed by atoms with Gasteiger partial charge in [-0.05, 0) is 12.0 Å². The molecule has 1 aromatic rings. The van der Waals surface area contributed by atoms with Gasteiger partial charge in [0.15, 0.2) is 0 Å². The van der Waals surface area contributed by atoms with Gasteiger partial charge in [-0.15, -0.1) is 0 Å². The lowest BCUT2D eigenvalue weighted by molar-refractivity contribution is -0.126. The highest BCUT2D eigenvalue weighted by atomic mass is 16.3. The number of carbonyl (C=O) groups is 1. The number of amides is 1. The van der Waals surface area contributed by atoms with E-state index in [1.165, 1.54) is 0 Å². The normalized spacial score (nSPS) is 23.3. The topological polar surface area (TPSA) is 49.3 Å². The lowest BCUT2D eigenvalue weighted by atomic mass is 10.1. The quantitative estimate of drug-likeness (QED) is 0.748. The highest BCUT2D eigenvalue weighted by Gasteiger charge is 2.26. The molecule has 3 heteroatoms. The summed E-state index contributed by atoms with van der Waals surface area (Å²) in [5.74, 6) is -0.492. The molecular formula is C13H15NO2. The molecule has 0 spiro atoms. The molecule has 0 fully saturated rings. The number of rotatable bonds is 3. The lowest BCUT2D eigenvalue weighted by Crippen LogP contribution is -2.34. The third kappa shape index (κ3) is 2.49. The number of aliphatic hydroxyl groups excluding tert-OH is 1. The standard InChI is InChI=1S/C13H15NO2/c15-12-8-4-7-11(12)13(16)14-9-10-5-2-1-3-6-10/h1-7,11-12,15H,8-9H2,(H,14,16). The van der Waals surface area contributed by atoms with Crippen molar-refractivity contribution in [3.8, 4) is 0 Å². The Morgan fingerprint density at radius 1 is 1.38 bits per heavy atom. The van der Waals surface area contributed by atoms with E-state index in [9.17, 15) is 9.90 Å². The van der Waals surface area contributed by atoms with Gasteiger partial charge in [0.25, 0.3) is 0 Å². The van der Waals surface area contributed by atoms with Gasteiger partial charge < -0.3 is 10.4 Å². The molecule has 84 valence electrons. The van der Waals surface area contributed by atoms with Crippen LogP contribution in [0.5, 0.6) is 0 Å². The zero-order valence-corrected chi connectivity index (χ0v) is 8.97. The summed E-state index contributed by atoms with van der Waals surface area (Å²) in [6, 6.07) is 9.73. The molecule has 1 aliphatic rings. The van der Waals surface area contributed by atoms with Crippen LogP contribution in [0.3, 0.4) is 0 Å². The number of carbonyl (C=O) groups excluding carboxylic acids is 1. The molecule has 2 N–H and O–H groups in total. The Balaban J connectivity index is 1.87. The van der Waals surface area contributed by atoms with Crippen LogP contribution in [-0.4, -0.2) is 17.1 Å². The predicted octanol–water partition coefficient (Wildman–Crippen LogP) is 1.24. The summed E-state index contributed by atoms with van der Waals surface area (Å²) in [6.07, 6.45) is 3.63. The van der Waals surface area contributed by atoms with Crippen molar-refractivity contribution < 1.29 is 9.90 Å². The molecule has 0 aromatic heterocycles. The molecule has 1 amide bonds. The predicted molar refractivity (Wildman–Crippen MR) is 61.5 cm³/mol. The van der Waals surface area contributed by atoms with Gasteiger partial charge in [-0.25, -0.2) is 0 Å². The van der Waals surface area contributed by atoms with Gasteiger partial charge in [-0.2, -0.15) is 0 Å². The van der Waals surface area contributed by atoms with Crippen LogP contribution in [0.4, 0.5) is 0 Å². The largest absolute Gasteiger partial charge is 0.392 e. The second kappa shape index (κ2) is 4.94. The highest BCUT2D eigenvalue weighted by molar-refractivity contribution is 5.81. The minimum Gasteiger partial charge on any atom is -0.392 e. The first kappa shape index (κ1) is 10.9. The van der Waals surface area contributed by atoms with E-state index in [1.807, 2.05) is 36.4 Å². The molecule has 0 heterocycles. The Bertz CT molecular complexity index is 386. The minimum atomic E-state index is -0.559. The molecule has 1 aliphatic carbocycles. The Kier molecular flexibility index (Phi) is 3.37. The van der Waals surface area contributed by atoms with Crippen LogP contribution < -0.4 is 5.32 Å². The van der Waals surface area contributed by atoms with E-state index in [-0.39, 0.29) is 11.8 Å². The van der Waals surface area contributed by atoms with Gasteiger partial charge >= 0.3 is 0 Å². The SMILES string of the molecule is O=C(NCc1ccccc1)C1C=CCC1O. The molecule has 1 aromatic carbocycles. The fraction of sp³-hybridized carbons (Fsp3) is 0.308. The van der Waals surface area contributed by atoms with Crippen LogP contribution >= 0.6 is 0 Å². The van der Waals surface area contributed by atoms with E-state index in [0.29, 0.717) is 13.0 Å². The smallest absolute Gasteiger partial charge is 0.229 e. The van der Waals surface area contributed by atoms with Gasteiger partial charge in [-0.1, -0.05) is 42.5 Å². The summed E-state index contributed by atoms with van der Waals surface area (Å²) >= 11 is 0. The van der Waals surface area contributed by atoms with E-state index < -0.39 is 6.10 Å². The van der Waals surface area contributed by atoms with Gasteiger partial charge in [0.2, 0.25) is 5.91 Å². The van der Waals surface area contributed by atoms with Crippen LogP contribution in [0.2, 0.25) is 0 Å². The highest BCUT2D eigenvalue weighted by Crippen LogP contribution is 2.17. The van der Waals surface area contributed by atoms with Gasteiger partial charge in [0, 0.05) is 6.54 Å². The summed E-state index contributed by atoms with van der Waals surface area (Å²) in [6.45, 7) is 0.511. The van der Waals surface area contributed by atoms with Crippen molar-refractivity contribution in [2.24, 2.45) is 5.92 Å². The maximum Gasteiger partial charge on any atom is 0.229 e.